The summed E-state index contributed by atoms with van der Waals surface area (Å²) in [5.74, 6) is -0.628. The van der Waals surface area contributed by atoms with E-state index in [0.29, 0.717) is 6.54 Å². The maximum atomic E-state index is 10.2. The first-order valence-electron chi connectivity index (χ1n) is 4.89. The van der Waals surface area contributed by atoms with Crippen LogP contribution in [-0.4, -0.2) is 46.8 Å². The van der Waals surface area contributed by atoms with Crippen molar-refractivity contribution in [3.05, 3.63) is 12.2 Å². The third kappa shape index (κ3) is 3.47. The lowest BCUT2D eigenvalue weighted by molar-refractivity contribution is -0.131. The van der Waals surface area contributed by atoms with Crippen LogP contribution in [0.15, 0.2) is 12.2 Å². The average molecular weight is 199 g/mol. The molecule has 0 aliphatic carbocycles. The molecule has 0 amide bonds. The molecule has 80 valence electrons. The van der Waals surface area contributed by atoms with Crippen LogP contribution in [0.3, 0.4) is 0 Å². The predicted molar refractivity (Wildman–Crippen MR) is 53.0 cm³/mol. The number of likely N-dealkylation sites (tertiary alicyclic amines) is 1. The van der Waals surface area contributed by atoms with Gasteiger partial charge >= 0.3 is 5.97 Å². The Labute approximate surface area is 83.8 Å². The van der Waals surface area contributed by atoms with E-state index in [-0.39, 0.29) is 12.0 Å². The van der Waals surface area contributed by atoms with Crippen LogP contribution in [0.4, 0.5) is 0 Å². The van der Waals surface area contributed by atoms with E-state index in [0.717, 1.165) is 25.6 Å². The molecule has 1 fully saturated rings. The molecule has 1 aliphatic heterocycles. The van der Waals surface area contributed by atoms with Gasteiger partial charge in [-0.1, -0.05) is 13.0 Å². The second-order valence-corrected chi connectivity index (χ2v) is 3.83. The van der Waals surface area contributed by atoms with E-state index in [1.807, 2.05) is 6.92 Å². The Bertz CT molecular complexity index is 227. The summed E-state index contributed by atoms with van der Waals surface area (Å²) in [6.45, 7) is 4.35. The highest BCUT2D eigenvalue weighted by Gasteiger charge is 2.22. The second-order valence-electron chi connectivity index (χ2n) is 3.83. The number of aliphatic carboxylic acids is 1. The topological polar surface area (TPSA) is 60.8 Å². The smallest absolute Gasteiger partial charge is 0.328 e. The molecule has 1 heterocycles. The molecule has 0 aromatic rings. The van der Waals surface area contributed by atoms with Crippen molar-refractivity contribution in [2.24, 2.45) is 5.92 Å². The number of aliphatic hydroxyl groups excluding tert-OH is 1. The highest BCUT2D eigenvalue weighted by molar-refractivity contribution is 5.79. The van der Waals surface area contributed by atoms with Crippen molar-refractivity contribution in [3.8, 4) is 0 Å². The summed E-state index contributed by atoms with van der Waals surface area (Å²) >= 11 is 0. The third-order valence-corrected chi connectivity index (χ3v) is 2.57. The van der Waals surface area contributed by atoms with Gasteiger partial charge in [-0.25, -0.2) is 4.79 Å². The second kappa shape index (κ2) is 5.12. The van der Waals surface area contributed by atoms with Gasteiger partial charge < -0.3 is 10.2 Å². The first-order valence-corrected chi connectivity index (χ1v) is 4.89. The maximum Gasteiger partial charge on any atom is 0.328 e. The van der Waals surface area contributed by atoms with Crippen molar-refractivity contribution >= 4 is 5.97 Å². The lowest BCUT2D eigenvalue weighted by atomic mass is 9.97. The van der Waals surface area contributed by atoms with Crippen LogP contribution < -0.4 is 0 Å². The summed E-state index contributed by atoms with van der Waals surface area (Å²) in [6, 6.07) is 0. The fourth-order valence-electron chi connectivity index (χ4n) is 1.69. The zero-order chi connectivity index (χ0) is 10.6. The fourth-order valence-corrected chi connectivity index (χ4v) is 1.69. The summed E-state index contributed by atoms with van der Waals surface area (Å²) in [5.41, 5.74) is 0. The summed E-state index contributed by atoms with van der Waals surface area (Å²) in [6.07, 6.45) is 3.39. The zero-order valence-corrected chi connectivity index (χ0v) is 8.39. The summed E-state index contributed by atoms with van der Waals surface area (Å²) in [4.78, 5) is 12.4. The van der Waals surface area contributed by atoms with Crippen LogP contribution in [0.2, 0.25) is 0 Å². The number of hydrogen-bond donors (Lipinski definition) is 2. The monoisotopic (exact) mass is 199 g/mol. The summed E-state index contributed by atoms with van der Waals surface area (Å²) in [5, 5.41) is 17.9. The summed E-state index contributed by atoms with van der Waals surface area (Å²) < 4.78 is 0. The van der Waals surface area contributed by atoms with E-state index >= 15 is 0 Å². The fraction of sp³-hybridized carbons (Fsp3) is 0.700. The van der Waals surface area contributed by atoms with E-state index < -0.39 is 5.97 Å². The van der Waals surface area contributed by atoms with Crippen LogP contribution in [0.1, 0.15) is 13.3 Å². The largest absolute Gasteiger partial charge is 0.478 e. The average Bonchev–Trinajstić information content (AvgIpc) is 2.10. The Morgan fingerprint density at radius 2 is 2.36 bits per heavy atom. The Morgan fingerprint density at radius 3 is 2.93 bits per heavy atom. The molecule has 0 bridgehead atoms. The van der Waals surface area contributed by atoms with Gasteiger partial charge in [0.2, 0.25) is 0 Å². The van der Waals surface area contributed by atoms with Gasteiger partial charge in [0.05, 0.1) is 6.10 Å². The number of carbonyl (C=O) groups is 1. The Balaban J connectivity index is 2.30. The molecule has 0 saturated carbocycles. The Kier molecular flexibility index (Phi) is 4.10. The molecule has 1 saturated heterocycles. The molecule has 0 spiro atoms. The number of carboxylic acid groups (broad SMARTS) is 1. The normalized spacial score (nSPS) is 29.6. The molecule has 0 radical (unpaired) electrons. The van der Waals surface area contributed by atoms with Gasteiger partial charge in [0.15, 0.2) is 0 Å². The van der Waals surface area contributed by atoms with Crippen molar-refractivity contribution in [3.63, 3.8) is 0 Å². The minimum Gasteiger partial charge on any atom is -0.478 e. The number of rotatable bonds is 3. The predicted octanol–water partition coefficient (Wildman–Crippen LogP) is 0.330. The molecule has 2 atom stereocenters. The van der Waals surface area contributed by atoms with Gasteiger partial charge in [-0.2, -0.15) is 0 Å². The number of nitrogens with zero attached hydrogens (tertiary/aromatic N) is 1. The van der Waals surface area contributed by atoms with Gasteiger partial charge in [-0.15, -0.1) is 0 Å². The van der Waals surface area contributed by atoms with Crippen molar-refractivity contribution in [2.75, 3.05) is 19.6 Å². The van der Waals surface area contributed by atoms with Crippen molar-refractivity contribution in [1.82, 2.24) is 4.90 Å². The minimum absolute atomic E-state index is 0.199. The molecule has 0 aromatic carbocycles. The van der Waals surface area contributed by atoms with Gasteiger partial charge in [0.1, 0.15) is 0 Å². The van der Waals surface area contributed by atoms with E-state index in [9.17, 15) is 9.90 Å². The standard InChI is InChI=1S/C10H17NO3/c1-8-7-11(6-4-9(8)12)5-2-3-10(13)14/h2-3,8-9,12H,4-7H2,1H3,(H,13,14)/b3-2+. The van der Waals surface area contributed by atoms with E-state index in [2.05, 4.69) is 4.90 Å². The number of aliphatic hydroxyl groups is 1. The highest BCUT2D eigenvalue weighted by atomic mass is 16.4. The molecule has 1 rings (SSSR count). The molecule has 2 N–H and O–H groups in total. The molecule has 4 nitrogen and oxygen atoms in total. The quantitative estimate of drug-likeness (QED) is 0.643. The minimum atomic E-state index is -0.907. The molecule has 0 aromatic heterocycles. The number of piperidine rings is 1. The van der Waals surface area contributed by atoms with Gasteiger partial charge in [0, 0.05) is 25.7 Å². The van der Waals surface area contributed by atoms with Crippen LogP contribution >= 0.6 is 0 Å². The third-order valence-electron chi connectivity index (χ3n) is 2.57. The number of hydrogen-bond acceptors (Lipinski definition) is 3. The summed E-state index contributed by atoms with van der Waals surface area (Å²) in [7, 11) is 0. The molecule has 14 heavy (non-hydrogen) atoms. The van der Waals surface area contributed by atoms with Crippen LogP contribution in [0.5, 0.6) is 0 Å². The van der Waals surface area contributed by atoms with Gasteiger partial charge in [-0.3, -0.25) is 4.90 Å². The SMILES string of the molecule is CC1CN(C/C=C/C(=O)O)CCC1O. The van der Waals surface area contributed by atoms with Crippen LogP contribution in [-0.2, 0) is 4.79 Å². The van der Waals surface area contributed by atoms with Gasteiger partial charge in [-0.05, 0) is 12.3 Å². The van der Waals surface area contributed by atoms with E-state index in [1.165, 1.54) is 0 Å². The maximum absolute atomic E-state index is 10.2. The molecule has 2 unspecified atom stereocenters. The molecular formula is C10H17NO3. The van der Waals surface area contributed by atoms with E-state index in [4.69, 9.17) is 5.11 Å². The van der Waals surface area contributed by atoms with Crippen molar-refractivity contribution in [1.29, 1.82) is 0 Å². The van der Waals surface area contributed by atoms with E-state index in [1.54, 1.807) is 6.08 Å². The lowest BCUT2D eigenvalue weighted by Gasteiger charge is -2.33. The van der Waals surface area contributed by atoms with Crippen molar-refractivity contribution in [2.45, 2.75) is 19.4 Å². The lowest BCUT2D eigenvalue weighted by Crippen LogP contribution is -2.41. The molecular weight excluding hydrogens is 182 g/mol. The Morgan fingerprint density at radius 1 is 1.64 bits per heavy atom. The first kappa shape index (κ1) is 11.2. The number of carboxylic acids is 1. The Hall–Kier alpha value is -0.870. The van der Waals surface area contributed by atoms with Crippen LogP contribution in [0, 0.1) is 5.92 Å². The highest BCUT2D eigenvalue weighted by Crippen LogP contribution is 2.15. The van der Waals surface area contributed by atoms with Crippen molar-refractivity contribution < 1.29 is 15.0 Å². The van der Waals surface area contributed by atoms with Gasteiger partial charge in [0.25, 0.3) is 0 Å². The van der Waals surface area contributed by atoms with Crippen LogP contribution in [0.25, 0.3) is 0 Å². The first-order chi connectivity index (χ1) is 6.59. The zero-order valence-electron chi connectivity index (χ0n) is 8.39. The molecule has 1 aliphatic rings. The molecule has 4 heteroatoms.